The number of carbonyl (C=O) groups is 4. The number of esters is 1. The average Bonchev–Trinajstić information content (AvgIpc) is 4.11. The Labute approximate surface area is 365 Å². The van der Waals surface area contributed by atoms with Crippen LogP contribution in [0.2, 0.25) is 0 Å². The second-order valence-electron chi connectivity index (χ2n) is 15.4. The van der Waals surface area contributed by atoms with E-state index in [-0.39, 0.29) is 57.1 Å². The molecule has 2 saturated heterocycles. The molecule has 63 heavy (non-hydrogen) atoms. The van der Waals surface area contributed by atoms with E-state index >= 15 is 0 Å². The molecule has 0 atom stereocenters. The molecule has 0 aliphatic carbocycles. The van der Waals surface area contributed by atoms with E-state index in [0.717, 1.165) is 99.5 Å². The second-order valence-corrected chi connectivity index (χ2v) is 15.4. The van der Waals surface area contributed by atoms with E-state index in [2.05, 4.69) is 9.80 Å². The van der Waals surface area contributed by atoms with E-state index in [4.69, 9.17) is 44.0 Å². The number of piperidine rings is 2. The molecule has 4 aromatic rings. The minimum atomic E-state index is -0.485. The molecule has 4 aromatic carbocycles. The molecule has 0 spiro atoms. The van der Waals surface area contributed by atoms with Crippen LogP contribution in [0.15, 0.2) is 78.9 Å². The fraction of sp³-hybridized carbons (Fsp3) is 0.404. The van der Waals surface area contributed by atoms with Crippen LogP contribution in [0.25, 0.3) is 0 Å². The summed E-state index contributed by atoms with van der Waals surface area (Å²) in [5, 5.41) is 8.77. The molecule has 9 rings (SSSR count). The molecule has 2 fully saturated rings. The summed E-state index contributed by atoms with van der Waals surface area (Å²) in [5.41, 5.74) is 8.24. The Kier molecular flexibility index (Phi) is 16.7. The molecule has 5 aliphatic rings. The number of aliphatic hydroxyl groups is 1. The first-order chi connectivity index (χ1) is 30.6. The number of primary amides is 1. The summed E-state index contributed by atoms with van der Waals surface area (Å²) in [6, 6.07) is 21.7. The van der Waals surface area contributed by atoms with Gasteiger partial charge in [-0.3, -0.25) is 24.1 Å². The molecule has 336 valence electrons. The van der Waals surface area contributed by atoms with Crippen molar-refractivity contribution in [1.82, 2.24) is 9.80 Å². The molecular weight excluding hydrogens is 818 g/mol. The number of hydrogen-bond donors (Lipinski definition) is 2. The van der Waals surface area contributed by atoms with Gasteiger partial charge in [-0.2, -0.15) is 0 Å². The number of Topliss-reactive ketones (excluding diaryl/α,β-unsaturated/α-hetero) is 1. The Morgan fingerprint density at radius 1 is 0.730 bits per heavy atom. The molecule has 16 heteroatoms. The minimum absolute atomic E-state index is 0.0383. The summed E-state index contributed by atoms with van der Waals surface area (Å²) in [4.78, 5) is 50.0. The zero-order chi connectivity index (χ0) is 44.6. The molecule has 0 bridgehead atoms. The number of rotatable bonds is 11. The molecular formula is C47H54FN3O12. The van der Waals surface area contributed by atoms with Crippen LogP contribution >= 0.6 is 0 Å². The van der Waals surface area contributed by atoms with Gasteiger partial charge >= 0.3 is 5.97 Å². The van der Waals surface area contributed by atoms with Gasteiger partial charge in [0.2, 0.25) is 26.3 Å². The van der Waals surface area contributed by atoms with Gasteiger partial charge in [0.25, 0.3) is 0 Å². The second kappa shape index (κ2) is 22.7. The smallest absolute Gasteiger partial charge is 0.302 e. The minimum Gasteiger partial charge on any atom is -0.461 e. The number of ether oxygens (including phenoxy) is 7. The normalized spacial score (nSPS) is 16.5. The Morgan fingerprint density at radius 3 is 1.83 bits per heavy atom. The maximum absolute atomic E-state index is 12.9. The first kappa shape index (κ1) is 46.3. The van der Waals surface area contributed by atoms with Crippen molar-refractivity contribution in [3.8, 4) is 34.5 Å². The lowest BCUT2D eigenvalue weighted by Gasteiger charge is -2.48. The topological polar surface area (TPSA) is 186 Å². The van der Waals surface area contributed by atoms with Crippen molar-refractivity contribution in [1.29, 1.82) is 0 Å². The molecule has 0 saturated carbocycles. The summed E-state index contributed by atoms with van der Waals surface area (Å²) >= 11 is 0. The molecule has 15 nitrogen and oxygen atoms in total. The number of ketones is 1. The van der Waals surface area contributed by atoms with Crippen LogP contribution in [0, 0.1) is 5.82 Å². The van der Waals surface area contributed by atoms with Crippen LogP contribution in [-0.4, -0.2) is 97.5 Å². The summed E-state index contributed by atoms with van der Waals surface area (Å²) in [5.74, 6) is 3.51. The van der Waals surface area contributed by atoms with Gasteiger partial charge in [-0.25, -0.2) is 4.39 Å². The molecule has 0 unspecified atom stereocenters. The lowest BCUT2D eigenvalue weighted by Crippen LogP contribution is -2.63. The highest BCUT2D eigenvalue weighted by molar-refractivity contribution is 5.96. The van der Waals surface area contributed by atoms with Gasteiger partial charge in [0.15, 0.2) is 40.3 Å². The summed E-state index contributed by atoms with van der Waals surface area (Å²) in [6.45, 7) is 6.92. The standard InChI is InChI=1S/C21H30FN3O2.C10H10O4.C8H8O3.C8H6O3/c22-18-8-6-17(7-9-18)19(26)5-4-12-24-15-10-21(11-16-24,20(23)27)25-13-2-1-3-14-25;1-7(11)12-5-8-2-3-9-10(4-8)14-6-13-9;2*9-4-6-1-2-7-8(3-6)11-5-10-7/h6-9H,1-5,10-16H2,(H2,23,27);2-4H,5-6H2,1H3;1-3,9H,4-5H2;1-4H,5H2. The van der Waals surface area contributed by atoms with Gasteiger partial charge in [0.1, 0.15) is 24.2 Å². The van der Waals surface area contributed by atoms with E-state index in [1.807, 2.05) is 18.2 Å². The van der Waals surface area contributed by atoms with Gasteiger partial charge in [-0.05, 0) is 130 Å². The molecule has 0 radical (unpaired) electrons. The number of fused-ring (bicyclic) bond motifs is 3. The van der Waals surface area contributed by atoms with Crippen LogP contribution in [0.4, 0.5) is 4.39 Å². The predicted octanol–water partition coefficient (Wildman–Crippen LogP) is 6.21. The number of carbonyl (C=O) groups excluding carboxylic acids is 4. The quantitative estimate of drug-likeness (QED) is 0.0985. The highest BCUT2D eigenvalue weighted by Gasteiger charge is 2.45. The average molecular weight is 872 g/mol. The molecule has 3 N–H and O–H groups in total. The monoisotopic (exact) mass is 871 g/mol. The predicted molar refractivity (Wildman–Crippen MR) is 227 cm³/mol. The molecule has 5 heterocycles. The van der Waals surface area contributed by atoms with Crippen LogP contribution in [0.1, 0.15) is 83.7 Å². The number of benzene rings is 4. The van der Waals surface area contributed by atoms with Gasteiger partial charge in [0, 0.05) is 37.6 Å². The van der Waals surface area contributed by atoms with E-state index in [9.17, 15) is 23.6 Å². The summed E-state index contributed by atoms with van der Waals surface area (Å²) < 4.78 is 48.5. The molecule has 5 aliphatic heterocycles. The maximum Gasteiger partial charge on any atom is 0.302 e. The van der Waals surface area contributed by atoms with E-state index in [0.29, 0.717) is 34.8 Å². The Bertz CT molecular complexity index is 2170. The number of likely N-dealkylation sites (tertiary alicyclic amines) is 2. The lowest BCUT2D eigenvalue weighted by atomic mass is 9.83. The third-order valence-electron chi connectivity index (χ3n) is 11.2. The number of nitrogens with two attached hydrogens (primary N) is 1. The third kappa shape index (κ3) is 12.9. The highest BCUT2D eigenvalue weighted by Crippen LogP contribution is 2.35. The van der Waals surface area contributed by atoms with Crippen molar-refractivity contribution < 1.29 is 61.8 Å². The van der Waals surface area contributed by atoms with Gasteiger partial charge in [-0.1, -0.05) is 18.6 Å². The number of nitrogens with zero attached hydrogens (tertiary/aromatic N) is 2. The van der Waals surface area contributed by atoms with Crippen molar-refractivity contribution in [3.05, 3.63) is 107 Å². The van der Waals surface area contributed by atoms with Crippen molar-refractivity contribution in [2.75, 3.05) is 53.1 Å². The first-order valence-electron chi connectivity index (χ1n) is 21.0. The van der Waals surface area contributed by atoms with Crippen LogP contribution in [0.5, 0.6) is 34.5 Å². The molecule has 0 aromatic heterocycles. The van der Waals surface area contributed by atoms with Gasteiger partial charge < -0.3 is 48.9 Å². The van der Waals surface area contributed by atoms with Crippen molar-refractivity contribution in [2.24, 2.45) is 5.73 Å². The number of aliphatic hydroxyl groups excluding tert-OH is 1. The van der Waals surface area contributed by atoms with Crippen molar-refractivity contribution >= 4 is 23.9 Å². The largest absolute Gasteiger partial charge is 0.461 e. The number of amides is 1. The molecule has 1 amide bonds. The zero-order valence-electron chi connectivity index (χ0n) is 35.4. The van der Waals surface area contributed by atoms with Crippen molar-refractivity contribution in [2.45, 2.75) is 70.6 Å². The number of aldehydes is 1. The fourth-order valence-electron chi connectivity index (χ4n) is 7.67. The van der Waals surface area contributed by atoms with Crippen LogP contribution in [0.3, 0.4) is 0 Å². The van der Waals surface area contributed by atoms with Gasteiger partial charge in [-0.15, -0.1) is 0 Å². The summed E-state index contributed by atoms with van der Waals surface area (Å²) in [7, 11) is 0. The zero-order valence-corrected chi connectivity index (χ0v) is 35.4. The van der Waals surface area contributed by atoms with E-state index in [1.54, 1.807) is 48.5 Å². The Morgan fingerprint density at radius 2 is 1.27 bits per heavy atom. The summed E-state index contributed by atoms with van der Waals surface area (Å²) in [6.07, 6.45) is 7.07. The van der Waals surface area contributed by atoms with Crippen LogP contribution < -0.4 is 34.2 Å². The fourth-order valence-corrected chi connectivity index (χ4v) is 7.67. The maximum atomic E-state index is 12.9. The van der Waals surface area contributed by atoms with E-state index in [1.165, 1.54) is 25.5 Å². The Hall–Kier alpha value is -6.23. The first-order valence-corrected chi connectivity index (χ1v) is 21.0. The number of halogens is 1. The highest BCUT2D eigenvalue weighted by atomic mass is 19.1. The van der Waals surface area contributed by atoms with Crippen LogP contribution in [-0.2, 0) is 27.5 Å². The Balaban J connectivity index is 0.000000153. The third-order valence-corrected chi connectivity index (χ3v) is 11.2. The van der Waals surface area contributed by atoms with Crippen molar-refractivity contribution in [3.63, 3.8) is 0 Å². The lowest BCUT2D eigenvalue weighted by molar-refractivity contribution is -0.142. The van der Waals surface area contributed by atoms with E-state index < -0.39 is 5.54 Å². The SMILES string of the molecule is CC(=O)OCc1ccc2c(c1)OCO2.NC(=O)C1(N2CCCCC2)CCN(CCCC(=O)c2ccc(F)cc2)CC1.O=Cc1ccc2c(c1)OCO2.OCc1ccc2c(c1)OCO2. The van der Waals surface area contributed by atoms with Gasteiger partial charge in [0.05, 0.1) is 6.61 Å². The number of hydrogen-bond acceptors (Lipinski definition) is 14.